The lowest BCUT2D eigenvalue weighted by atomic mass is 10.2. The van der Waals surface area contributed by atoms with Gasteiger partial charge in [-0.05, 0) is 18.6 Å². The molecule has 2 aromatic rings. The number of nitrogens with one attached hydrogen (secondary N) is 1. The third-order valence-electron chi connectivity index (χ3n) is 2.34. The Morgan fingerprint density at radius 3 is 2.50 bits per heavy atom. The van der Waals surface area contributed by atoms with Crippen molar-refractivity contribution in [3.05, 3.63) is 29.3 Å². The van der Waals surface area contributed by atoms with E-state index in [0.717, 1.165) is 6.07 Å². The van der Waals surface area contributed by atoms with E-state index < -0.39 is 27.1 Å². The molecule has 0 atom stereocenters. The molecule has 4 nitrogen and oxygen atoms in total. The Morgan fingerprint density at radius 2 is 1.94 bits per heavy atom. The third-order valence-corrected chi connectivity index (χ3v) is 3.15. The highest BCUT2D eigenvalue weighted by molar-refractivity contribution is 7.87. The van der Waals surface area contributed by atoms with Crippen molar-refractivity contribution in [3.8, 4) is 0 Å². The summed E-state index contributed by atoms with van der Waals surface area (Å²) >= 11 is 0. The molecule has 0 unspecified atom stereocenters. The summed E-state index contributed by atoms with van der Waals surface area (Å²) in [7, 11) is -6.14. The average molecular weight is 282 g/mol. The molecule has 18 heavy (non-hydrogen) atoms. The molecule has 0 aliphatic heterocycles. The zero-order chi connectivity index (χ0) is 13.7. The topological polar surface area (TPSA) is 62.8 Å². The van der Waals surface area contributed by atoms with Gasteiger partial charge in [-0.15, -0.1) is 0 Å². The molecule has 0 aliphatic carbocycles. The normalized spacial score (nSPS) is 13.2. The number of aromatic nitrogens is 2. The van der Waals surface area contributed by atoms with Gasteiger partial charge in [-0.2, -0.15) is 17.2 Å². The minimum Gasteiger partial charge on any atom is -0.336 e. The van der Waals surface area contributed by atoms with Crippen LogP contribution in [-0.4, -0.2) is 18.4 Å². The Bertz CT molecular complexity index is 684. The van der Waals surface area contributed by atoms with E-state index in [4.69, 9.17) is 0 Å². The first-order chi connectivity index (χ1) is 8.13. The molecule has 0 spiro atoms. The first-order valence-corrected chi connectivity index (χ1v) is 5.99. The van der Waals surface area contributed by atoms with Gasteiger partial charge in [-0.25, -0.2) is 9.37 Å². The van der Waals surface area contributed by atoms with Crippen LogP contribution in [0, 0.1) is 12.7 Å². The molecule has 0 bridgehead atoms. The maximum atomic E-state index is 13.2. The SMILES string of the molecule is Cc1cc2[nH]c(C(F)(F)S(=O)(=O)F)nc2cc1F. The van der Waals surface area contributed by atoms with E-state index in [1.165, 1.54) is 13.0 Å². The highest BCUT2D eigenvalue weighted by atomic mass is 32.3. The van der Waals surface area contributed by atoms with Gasteiger partial charge in [0, 0.05) is 6.07 Å². The van der Waals surface area contributed by atoms with Crippen LogP contribution in [0.15, 0.2) is 12.1 Å². The lowest BCUT2D eigenvalue weighted by Gasteiger charge is -2.06. The fourth-order valence-corrected chi connectivity index (χ4v) is 1.72. The number of hydrogen-bond donors (Lipinski definition) is 1. The highest BCUT2D eigenvalue weighted by Crippen LogP contribution is 2.34. The number of hydrogen-bond acceptors (Lipinski definition) is 3. The molecule has 0 aliphatic rings. The van der Waals surface area contributed by atoms with Gasteiger partial charge in [0.15, 0.2) is 5.82 Å². The number of alkyl halides is 2. The molecule has 1 aromatic carbocycles. The summed E-state index contributed by atoms with van der Waals surface area (Å²) in [5.74, 6) is -2.07. The lowest BCUT2D eigenvalue weighted by Crippen LogP contribution is -2.23. The molecule has 9 heteroatoms. The van der Waals surface area contributed by atoms with Crippen molar-refractivity contribution < 1.29 is 25.5 Å². The number of fused-ring (bicyclic) bond motifs is 1. The van der Waals surface area contributed by atoms with E-state index in [2.05, 4.69) is 4.98 Å². The molecule has 0 amide bonds. The van der Waals surface area contributed by atoms with Gasteiger partial charge >= 0.3 is 15.5 Å². The molecule has 1 N–H and O–H groups in total. The summed E-state index contributed by atoms with van der Waals surface area (Å²) in [4.78, 5) is 5.15. The van der Waals surface area contributed by atoms with E-state index in [1.54, 1.807) is 0 Å². The van der Waals surface area contributed by atoms with Gasteiger partial charge in [-0.1, -0.05) is 3.89 Å². The van der Waals surface area contributed by atoms with Crippen LogP contribution >= 0.6 is 0 Å². The summed E-state index contributed by atoms with van der Waals surface area (Å²) in [5.41, 5.74) is -0.0622. The van der Waals surface area contributed by atoms with Crippen molar-refractivity contribution in [1.29, 1.82) is 0 Å². The quantitative estimate of drug-likeness (QED) is 0.679. The predicted molar refractivity (Wildman–Crippen MR) is 54.7 cm³/mol. The Labute approximate surface area is 98.9 Å². The largest absolute Gasteiger partial charge is 0.430 e. The number of aryl methyl sites for hydroxylation is 1. The van der Waals surface area contributed by atoms with Gasteiger partial charge in [0.1, 0.15) is 5.82 Å². The predicted octanol–water partition coefficient (Wildman–Crippen LogP) is 2.36. The monoisotopic (exact) mass is 282 g/mol. The van der Waals surface area contributed by atoms with Crippen LogP contribution in [-0.2, 0) is 15.5 Å². The zero-order valence-electron chi connectivity index (χ0n) is 8.84. The molecule has 0 saturated heterocycles. The van der Waals surface area contributed by atoms with Crippen LogP contribution < -0.4 is 0 Å². The fraction of sp³-hybridized carbons (Fsp3) is 0.222. The molecule has 1 heterocycles. The number of benzene rings is 1. The van der Waals surface area contributed by atoms with Crippen molar-refractivity contribution >= 4 is 21.3 Å². The maximum absolute atomic E-state index is 13.2. The number of rotatable bonds is 2. The standard InChI is InChI=1S/C9H6F4N2O2S/c1-4-2-6-7(3-5(4)10)15-8(14-6)9(11,12)18(13,16)17/h2-3H,1H3,(H,14,15). The van der Waals surface area contributed by atoms with Crippen LogP contribution in [0.4, 0.5) is 17.1 Å². The molecule has 0 saturated carbocycles. The Kier molecular flexibility index (Phi) is 2.61. The number of nitrogens with zero attached hydrogens (tertiary/aromatic N) is 1. The van der Waals surface area contributed by atoms with Gasteiger partial charge in [0.25, 0.3) is 0 Å². The minimum absolute atomic E-state index is 0.00720. The van der Waals surface area contributed by atoms with Crippen molar-refractivity contribution in [2.45, 2.75) is 12.2 Å². The first-order valence-electron chi connectivity index (χ1n) is 4.61. The van der Waals surface area contributed by atoms with Crippen LogP contribution in [0.25, 0.3) is 11.0 Å². The fourth-order valence-electron chi connectivity index (χ4n) is 1.39. The summed E-state index contributed by atoms with van der Waals surface area (Å²) in [6.45, 7) is 1.39. The van der Waals surface area contributed by atoms with Gasteiger partial charge in [0.2, 0.25) is 0 Å². The molecular formula is C9H6F4N2O2S. The lowest BCUT2D eigenvalue weighted by molar-refractivity contribution is 0.0755. The van der Waals surface area contributed by atoms with Crippen molar-refractivity contribution in [1.82, 2.24) is 9.97 Å². The molecular weight excluding hydrogens is 276 g/mol. The minimum atomic E-state index is -6.14. The highest BCUT2D eigenvalue weighted by Gasteiger charge is 2.50. The van der Waals surface area contributed by atoms with Crippen molar-refractivity contribution in [2.24, 2.45) is 0 Å². The molecule has 1 aromatic heterocycles. The van der Waals surface area contributed by atoms with Gasteiger partial charge < -0.3 is 4.98 Å². The first kappa shape index (κ1) is 12.8. The third kappa shape index (κ3) is 1.84. The zero-order valence-corrected chi connectivity index (χ0v) is 9.66. The van der Waals surface area contributed by atoms with E-state index in [9.17, 15) is 25.5 Å². The van der Waals surface area contributed by atoms with E-state index >= 15 is 0 Å². The number of aromatic amines is 1. The van der Waals surface area contributed by atoms with Crippen LogP contribution in [0.3, 0.4) is 0 Å². The second-order valence-electron chi connectivity index (χ2n) is 3.66. The van der Waals surface area contributed by atoms with Crippen molar-refractivity contribution in [3.63, 3.8) is 0 Å². The molecule has 0 radical (unpaired) electrons. The van der Waals surface area contributed by atoms with E-state index in [-0.39, 0.29) is 16.6 Å². The Hall–Kier alpha value is -1.64. The average Bonchev–Trinajstić information content (AvgIpc) is 2.60. The summed E-state index contributed by atoms with van der Waals surface area (Å²) < 4.78 is 72.5. The molecule has 0 fully saturated rings. The second kappa shape index (κ2) is 3.67. The second-order valence-corrected chi connectivity index (χ2v) is 5.05. The van der Waals surface area contributed by atoms with E-state index in [0.29, 0.717) is 0 Å². The molecule has 98 valence electrons. The van der Waals surface area contributed by atoms with Crippen LogP contribution in [0.1, 0.15) is 11.4 Å². The Morgan fingerprint density at radius 1 is 1.33 bits per heavy atom. The smallest absolute Gasteiger partial charge is 0.336 e. The van der Waals surface area contributed by atoms with Crippen LogP contribution in [0.5, 0.6) is 0 Å². The van der Waals surface area contributed by atoms with Gasteiger partial charge in [0.05, 0.1) is 11.0 Å². The molecule has 2 rings (SSSR count). The number of imidazole rings is 1. The van der Waals surface area contributed by atoms with Gasteiger partial charge in [-0.3, -0.25) is 0 Å². The van der Waals surface area contributed by atoms with Crippen molar-refractivity contribution in [2.75, 3.05) is 0 Å². The summed E-state index contributed by atoms with van der Waals surface area (Å²) in [6.07, 6.45) is 0. The summed E-state index contributed by atoms with van der Waals surface area (Å²) in [5, 5.41) is -4.80. The number of halogens is 4. The van der Waals surface area contributed by atoms with Crippen LogP contribution in [0.2, 0.25) is 0 Å². The summed E-state index contributed by atoms with van der Waals surface area (Å²) in [6, 6.07) is 2.02. The Balaban J connectivity index is 2.68. The maximum Gasteiger partial charge on any atom is 0.430 e. The number of H-pyrrole nitrogens is 1. The van der Waals surface area contributed by atoms with E-state index in [1.807, 2.05) is 4.98 Å².